The van der Waals surface area contributed by atoms with Crippen molar-refractivity contribution in [3.63, 3.8) is 0 Å². The molecule has 0 saturated carbocycles. The molecule has 118 valence electrons. The van der Waals surface area contributed by atoms with E-state index in [0.717, 1.165) is 18.7 Å². The predicted octanol–water partition coefficient (Wildman–Crippen LogP) is 1.81. The molecule has 2 aliphatic heterocycles. The first-order chi connectivity index (χ1) is 10.7. The van der Waals surface area contributed by atoms with Crippen LogP contribution in [-0.2, 0) is 20.9 Å². The number of anilines is 1. The Hall–Kier alpha value is -2.04. The number of benzene rings is 1. The van der Waals surface area contributed by atoms with Crippen molar-refractivity contribution in [3.8, 4) is 0 Å². The van der Waals surface area contributed by atoms with Gasteiger partial charge in [-0.25, -0.2) is 0 Å². The molecule has 0 spiro atoms. The Bertz CT molecular complexity index is 550. The molecule has 2 aliphatic rings. The summed E-state index contributed by atoms with van der Waals surface area (Å²) < 4.78 is 4.73. The van der Waals surface area contributed by atoms with Gasteiger partial charge in [-0.3, -0.25) is 9.59 Å². The van der Waals surface area contributed by atoms with Gasteiger partial charge in [0.1, 0.15) is 0 Å². The van der Waals surface area contributed by atoms with E-state index in [0.29, 0.717) is 13.1 Å². The number of nitrogens with zero attached hydrogens (tertiary/aromatic N) is 2. The van der Waals surface area contributed by atoms with Gasteiger partial charge in [-0.15, -0.1) is 0 Å². The number of rotatable bonds is 4. The molecule has 5 heteroatoms. The van der Waals surface area contributed by atoms with Crippen LogP contribution in [0.25, 0.3) is 0 Å². The molecule has 0 aliphatic carbocycles. The number of likely N-dealkylation sites (tertiary alicyclic amines) is 1. The minimum atomic E-state index is -0.318. The van der Waals surface area contributed by atoms with Crippen LogP contribution in [-0.4, -0.2) is 43.5 Å². The Morgan fingerprint density at radius 2 is 1.91 bits per heavy atom. The Kier molecular flexibility index (Phi) is 4.32. The highest BCUT2D eigenvalue weighted by Gasteiger charge is 2.34. The van der Waals surface area contributed by atoms with Crippen LogP contribution in [0, 0.1) is 5.92 Å². The van der Waals surface area contributed by atoms with E-state index >= 15 is 0 Å². The molecule has 2 saturated heterocycles. The van der Waals surface area contributed by atoms with Crippen molar-refractivity contribution in [2.45, 2.75) is 25.8 Å². The molecule has 3 rings (SSSR count). The van der Waals surface area contributed by atoms with Crippen LogP contribution in [0.5, 0.6) is 0 Å². The van der Waals surface area contributed by atoms with Gasteiger partial charge in [0.2, 0.25) is 5.91 Å². The van der Waals surface area contributed by atoms with Crippen LogP contribution in [0.1, 0.15) is 24.8 Å². The number of carbonyl (C=O) groups is 2. The Balaban J connectivity index is 1.61. The lowest BCUT2D eigenvalue weighted by Crippen LogP contribution is -2.26. The quantitative estimate of drug-likeness (QED) is 0.796. The lowest BCUT2D eigenvalue weighted by atomic mass is 10.1. The van der Waals surface area contributed by atoms with Crippen LogP contribution in [0.15, 0.2) is 24.3 Å². The van der Waals surface area contributed by atoms with Gasteiger partial charge >= 0.3 is 5.97 Å². The molecule has 0 N–H and O–H groups in total. The minimum absolute atomic E-state index is 0.0269. The highest BCUT2D eigenvalue weighted by molar-refractivity contribution is 5.86. The molecule has 1 unspecified atom stereocenters. The molecule has 5 nitrogen and oxygen atoms in total. The Morgan fingerprint density at radius 3 is 2.55 bits per heavy atom. The normalized spacial score (nSPS) is 21.5. The first-order valence-electron chi connectivity index (χ1n) is 7.87. The fourth-order valence-corrected chi connectivity index (χ4v) is 3.26. The number of amides is 1. The van der Waals surface area contributed by atoms with Crippen molar-refractivity contribution in [2.24, 2.45) is 5.92 Å². The van der Waals surface area contributed by atoms with E-state index in [-0.39, 0.29) is 24.2 Å². The maximum atomic E-state index is 12.0. The summed E-state index contributed by atoms with van der Waals surface area (Å²) in [6, 6.07) is 8.40. The minimum Gasteiger partial charge on any atom is -0.469 e. The van der Waals surface area contributed by atoms with Crippen molar-refractivity contribution in [3.05, 3.63) is 29.8 Å². The van der Waals surface area contributed by atoms with Crippen LogP contribution in [0.2, 0.25) is 0 Å². The number of ether oxygens (including phenoxy) is 1. The molecule has 0 radical (unpaired) electrons. The van der Waals surface area contributed by atoms with Crippen molar-refractivity contribution in [1.29, 1.82) is 0 Å². The summed E-state index contributed by atoms with van der Waals surface area (Å²) in [5.74, 6) is -0.583. The van der Waals surface area contributed by atoms with Crippen molar-refractivity contribution >= 4 is 17.6 Å². The SMILES string of the molecule is COC(=O)C1CC(=O)N(Cc2ccc(N3CCCC3)cc2)C1. The van der Waals surface area contributed by atoms with Gasteiger partial charge in [-0.05, 0) is 30.5 Å². The van der Waals surface area contributed by atoms with Gasteiger partial charge in [0.05, 0.1) is 13.0 Å². The average Bonchev–Trinajstić information content (AvgIpc) is 3.18. The standard InChI is InChI=1S/C17H22N2O3/c1-22-17(21)14-10-16(20)19(12-14)11-13-4-6-15(7-5-13)18-8-2-3-9-18/h4-7,14H,2-3,8-12H2,1H3. The predicted molar refractivity (Wildman–Crippen MR) is 83.4 cm³/mol. The first kappa shape index (κ1) is 14.9. The second kappa shape index (κ2) is 6.38. The zero-order valence-electron chi connectivity index (χ0n) is 13.0. The molecule has 0 aromatic heterocycles. The van der Waals surface area contributed by atoms with E-state index < -0.39 is 0 Å². The summed E-state index contributed by atoms with van der Waals surface area (Å²) in [6.07, 6.45) is 2.79. The molecule has 1 atom stereocenters. The van der Waals surface area contributed by atoms with Crippen molar-refractivity contribution < 1.29 is 14.3 Å². The lowest BCUT2D eigenvalue weighted by Gasteiger charge is -2.19. The van der Waals surface area contributed by atoms with Crippen LogP contribution >= 0.6 is 0 Å². The summed E-state index contributed by atoms with van der Waals surface area (Å²) in [5.41, 5.74) is 2.35. The topological polar surface area (TPSA) is 49.9 Å². The number of hydrogen-bond acceptors (Lipinski definition) is 4. The molecular weight excluding hydrogens is 280 g/mol. The lowest BCUT2D eigenvalue weighted by molar-refractivity contribution is -0.145. The van der Waals surface area contributed by atoms with E-state index in [2.05, 4.69) is 29.2 Å². The number of methoxy groups -OCH3 is 1. The fourth-order valence-electron chi connectivity index (χ4n) is 3.26. The maximum absolute atomic E-state index is 12.0. The molecule has 22 heavy (non-hydrogen) atoms. The van der Waals surface area contributed by atoms with Gasteiger partial charge in [0, 0.05) is 38.3 Å². The largest absolute Gasteiger partial charge is 0.469 e. The van der Waals surface area contributed by atoms with Gasteiger partial charge in [0.25, 0.3) is 0 Å². The second-order valence-electron chi connectivity index (χ2n) is 6.06. The smallest absolute Gasteiger partial charge is 0.310 e. The summed E-state index contributed by atoms with van der Waals surface area (Å²) in [6.45, 7) is 3.28. The molecule has 1 amide bonds. The van der Waals surface area contributed by atoms with Crippen molar-refractivity contribution in [2.75, 3.05) is 31.6 Å². The zero-order chi connectivity index (χ0) is 15.5. The molecule has 0 bridgehead atoms. The van der Waals surface area contributed by atoms with Crippen LogP contribution < -0.4 is 4.90 Å². The third-order valence-corrected chi connectivity index (χ3v) is 4.53. The maximum Gasteiger partial charge on any atom is 0.310 e. The van der Waals surface area contributed by atoms with E-state index in [1.807, 2.05) is 0 Å². The third kappa shape index (κ3) is 3.08. The second-order valence-corrected chi connectivity index (χ2v) is 6.06. The fraction of sp³-hybridized carbons (Fsp3) is 0.529. The number of hydrogen-bond donors (Lipinski definition) is 0. The van der Waals surface area contributed by atoms with Crippen LogP contribution in [0.3, 0.4) is 0 Å². The van der Waals surface area contributed by atoms with E-state index in [1.165, 1.54) is 25.6 Å². The van der Waals surface area contributed by atoms with Gasteiger partial charge in [-0.2, -0.15) is 0 Å². The van der Waals surface area contributed by atoms with Gasteiger partial charge in [0.15, 0.2) is 0 Å². The monoisotopic (exact) mass is 302 g/mol. The Labute approximate surface area is 130 Å². The van der Waals surface area contributed by atoms with E-state index in [1.54, 1.807) is 4.90 Å². The van der Waals surface area contributed by atoms with E-state index in [4.69, 9.17) is 4.74 Å². The number of esters is 1. The molecule has 2 fully saturated rings. The molecule has 1 aromatic rings. The van der Waals surface area contributed by atoms with E-state index in [9.17, 15) is 9.59 Å². The molecule has 2 heterocycles. The zero-order valence-corrected chi connectivity index (χ0v) is 13.0. The summed E-state index contributed by atoms with van der Waals surface area (Å²) in [5, 5.41) is 0. The van der Waals surface area contributed by atoms with Gasteiger partial charge in [-0.1, -0.05) is 12.1 Å². The van der Waals surface area contributed by atoms with Crippen molar-refractivity contribution in [1.82, 2.24) is 4.90 Å². The summed E-state index contributed by atoms with van der Waals surface area (Å²) in [4.78, 5) is 27.7. The third-order valence-electron chi connectivity index (χ3n) is 4.53. The highest BCUT2D eigenvalue weighted by atomic mass is 16.5. The molecule has 1 aromatic carbocycles. The first-order valence-corrected chi connectivity index (χ1v) is 7.87. The summed E-state index contributed by atoms with van der Waals surface area (Å²) in [7, 11) is 1.37. The van der Waals surface area contributed by atoms with Gasteiger partial charge < -0.3 is 14.5 Å². The Morgan fingerprint density at radius 1 is 1.23 bits per heavy atom. The summed E-state index contributed by atoms with van der Waals surface area (Å²) >= 11 is 0. The van der Waals surface area contributed by atoms with Crippen LogP contribution in [0.4, 0.5) is 5.69 Å². The molecular formula is C17H22N2O3. The average molecular weight is 302 g/mol. The number of carbonyl (C=O) groups excluding carboxylic acids is 2. The highest BCUT2D eigenvalue weighted by Crippen LogP contribution is 2.24.